The van der Waals surface area contributed by atoms with Gasteiger partial charge in [0.2, 0.25) is 5.91 Å². The molecule has 0 unspecified atom stereocenters. The van der Waals surface area contributed by atoms with Crippen LogP contribution in [0.15, 0.2) is 48.5 Å². The first-order chi connectivity index (χ1) is 10.9. The maximum atomic E-state index is 12.2. The maximum absolute atomic E-state index is 12.2. The Labute approximate surface area is 134 Å². The topological polar surface area (TPSA) is 29.5 Å². The summed E-state index contributed by atoms with van der Waals surface area (Å²) in [5, 5.41) is 0. The average Bonchev–Trinajstić information content (AvgIpc) is 2.51. The molecule has 0 heterocycles. The van der Waals surface area contributed by atoms with Crippen LogP contribution in [0.5, 0.6) is 5.75 Å². The first-order valence-electron chi connectivity index (χ1n) is 7.27. The lowest BCUT2D eigenvalue weighted by atomic mass is 10.1. The lowest BCUT2D eigenvalue weighted by Gasteiger charge is -2.17. The summed E-state index contributed by atoms with van der Waals surface area (Å²) in [4.78, 5) is 13.8. The smallest absolute Gasteiger partial charge is 0.387 e. The fraction of sp³-hybridized carbons (Fsp3) is 0.278. The van der Waals surface area contributed by atoms with Gasteiger partial charge in [-0.05, 0) is 30.2 Å². The monoisotopic (exact) mass is 319 g/mol. The zero-order valence-electron chi connectivity index (χ0n) is 13.1. The largest absolute Gasteiger partial charge is 0.435 e. The van der Waals surface area contributed by atoms with Crippen molar-refractivity contribution in [2.75, 3.05) is 7.05 Å². The molecule has 0 bridgehead atoms. The van der Waals surface area contributed by atoms with Crippen LogP contribution in [-0.4, -0.2) is 24.5 Å². The van der Waals surface area contributed by atoms with Crippen LogP contribution in [0, 0.1) is 6.92 Å². The third-order valence-electron chi connectivity index (χ3n) is 3.47. The molecule has 0 saturated carbocycles. The van der Waals surface area contributed by atoms with E-state index in [-0.39, 0.29) is 11.7 Å². The lowest BCUT2D eigenvalue weighted by molar-refractivity contribution is -0.129. The van der Waals surface area contributed by atoms with Gasteiger partial charge in [-0.2, -0.15) is 8.78 Å². The van der Waals surface area contributed by atoms with Crippen molar-refractivity contribution in [3.8, 4) is 5.75 Å². The summed E-state index contributed by atoms with van der Waals surface area (Å²) >= 11 is 0. The number of alkyl halides is 2. The van der Waals surface area contributed by atoms with Crippen LogP contribution in [-0.2, 0) is 17.8 Å². The fourth-order valence-corrected chi connectivity index (χ4v) is 2.15. The third-order valence-corrected chi connectivity index (χ3v) is 3.47. The molecule has 1 amide bonds. The predicted molar refractivity (Wildman–Crippen MR) is 84.4 cm³/mol. The SMILES string of the molecule is Cc1ccc(CC(=O)N(C)Cc2ccc(OC(F)F)cc2)cc1. The second kappa shape index (κ2) is 7.72. The highest BCUT2D eigenvalue weighted by molar-refractivity contribution is 5.78. The minimum Gasteiger partial charge on any atom is -0.435 e. The first kappa shape index (κ1) is 16.9. The number of carbonyl (C=O) groups is 1. The molecule has 2 aromatic carbocycles. The molecule has 0 aliphatic carbocycles. The van der Waals surface area contributed by atoms with Crippen molar-refractivity contribution in [2.45, 2.75) is 26.5 Å². The van der Waals surface area contributed by atoms with E-state index in [9.17, 15) is 13.6 Å². The summed E-state index contributed by atoms with van der Waals surface area (Å²) in [5.74, 6) is 0.110. The summed E-state index contributed by atoms with van der Waals surface area (Å²) in [6.07, 6.45) is 0.337. The highest BCUT2D eigenvalue weighted by Crippen LogP contribution is 2.16. The molecule has 3 nitrogen and oxygen atoms in total. The molecule has 0 aliphatic rings. The van der Waals surface area contributed by atoms with E-state index in [0.29, 0.717) is 13.0 Å². The molecule has 0 saturated heterocycles. The van der Waals surface area contributed by atoms with E-state index >= 15 is 0 Å². The van der Waals surface area contributed by atoms with Gasteiger partial charge in [0, 0.05) is 13.6 Å². The molecule has 5 heteroatoms. The Morgan fingerprint density at radius 2 is 1.61 bits per heavy atom. The Bertz CT molecular complexity index is 639. The summed E-state index contributed by atoms with van der Waals surface area (Å²) in [5.41, 5.74) is 2.97. The van der Waals surface area contributed by atoms with Crippen molar-refractivity contribution in [3.05, 3.63) is 65.2 Å². The van der Waals surface area contributed by atoms with Gasteiger partial charge < -0.3 is 9.64 Å². The van der Waals surface area contributed by atoms with Crippen LogP contribution in [0.4, 0.5) is 8.78 Å². The zero-order chi connectivity index (χ0) is 16.8. The number of aryl methyl sites for hydroxylation is 1. The number of hydrogen-bond donors (Lipinski definition) is 0. The highest BCUT2D eigenvalue weighted by Gasteiger charge is 2.11. The summed E-state index contributed by atoms with van der Waals surface area (Å²) in [7, 11) is 1.72. The Kier molecular flexibility index (Phi) is 5.68. The Morgan fingerprint density at radius 3 is 2.17 bits per heavy atom. The predicted octanol–water partition coefficient (Wildman–Crippen LogP) is 3.80. The number of carbonyl (C=O) groups excluding carboxylic acids is 1. The van der Waals surface area contributed by atoms with Crippen molar-refractivity contribution in [3.63, 3.8) is 0 Å². The van der Waals surface area contributed by atoms with E-state index < -0.39 is 6.61 Å². The number of likely N-dealkylation sites (N-methyl/N-ethyl adjacent to an activating group) is 1. The minimum absolute atomic E-state index is 0.00163. The molecule has 0 N–H and O–H groups in total. The van der Waals surface area contributed by atoms with E-state index in [1.165, 1.54) is 12.1 Å². The quantitative estimate of drug-likeness (QED) is 0.810. The summed E-state index contributed by atoms with van der Waals surface area (Å²) in [6, 6.07) is 14.1. The molecule has 0 aliphatic heterocycles. The van der Waals surface area contributed by atoms with Crippen LogP contribution >= 0.6 is 0 Å². The van der Waals surface area contributed by atoms with Gasteiger partial charge in [-0.25, -0.2) is 0 Å². The van der Waals surface area contributed by atoms with E-state index in [1.54, 1.807) is 24.1 Å². The molecule has 0 radical (unpaired) electrons. The van der Waals surface area contributed by atoms with Crippen LogP contribution in [0.1, 0.15) is 16.7 Å². The maximum Gasteiger partial charge on any atom is 0.387 e. The van der Waals surface area contributed by atoms with E-state index in [0.717, 1.165) is 16.7 Å². The van der Waals surface area contributed by atoms with Crippen molar-refractivity contribution in [2.24, 2.45) is 0 Å². The van der Waals surface area contributed by atoms with E-state index in [1.807, 2.05) is 31.2 Å². The molecular formula is C18H19F2NO2. The molecule has 2 aromatic rings. The van der Waals surface area contributed by atoms with Gasteiger partial charge in [-0.1, -0.05) is 42.0 Å². The van der Waals surface area contributed by atoms with Crippen molar-refractivity contribution >= 4 is 5.91 Å². The minimum atomic E-state index is -2.83. The fourth-order valence-electron chi connectivity index (χ4n) is 2.15. The Hall–Kier alpha value is -2.43. The third kappa shape index (κ3) is 5.36. The molecule has 0 spiro atoms. The Morgan fingerprint density at radius 1 is 1.04 bits per heavy atom. The van der Waals surface area contributed by atoms with Crippen molar-refractivity contribution in [1.82, 2.24) is 4.90 Å². The second-order valence-corrected chi connectivity index (χ2v) is 5.43. The average molecular weight is 319 g/mol. The van der Waals surface area contributed by atoms with Crippen LogP contribution < -0.4 is 4.74 Å². The van der Waals surface area contributed by atoms with Crippen LogP contribution in [0.25, 0.3) is 0 Å². The number of ether oxygens (including phenoxy) is 1. The number of hydrogen-bond acceptors (Lipinski definition) is 2. The number of amides is 1. The number of rotatable bonds is 6. The summed E-state index contributed by atoms with van der Waals surface area (Å²) < 4.78 is 28.5. The van der Waals surface area contributed by atoms with Crippen molar-refractivity contribution < 1.29 is 18.3 Å². The molecule has 0 fully saturated rings. The highest BCUT2D eigenvalue weighted by atomic mass is 19.3. The second-order valence-electron chi connectivity index (χ2n) is 5.43. The van der Waals surface area contributed by atoms with Gasteiger partial charge in [-0.3, -0.25) is 4.79 Å². The molecule has 2 rings (SSSR count). The summed E-state index contributed by atoms with van der Waals surface area (Å²) in [6.45, 7) is -0.418. The van der Waals surface area contributed by atoms with Gasteiger partial charge in [0.25, 0.3) is 0 Å². The van der Waals surface area contributed by atoms with E-state index in [4.69, 9.17) is 0 Å². The number of nitrogens with zero attached hydrogens (tertiary/aromatic N) is 1. The van der Waals surface area contributed by atoms with Gasteiger partial charge >= 0.3 is 6.61 Å². The van der Waals surface area contributed by atoms with Gasteiger partial charge in [0.05, 0.1) is 6.42 Å². The molecule has 23 heavy (non-hydrogen) atoms. The zero-order valence-corrected chi connectivity index (χ0v) is 13.1. The molecule has 0 atom stereocenters. The first-order valence-corrected chi connectivity index (χ1v) is 7.27. The normalized spacial score (nSPS) is 10.7. The van der Waals surface area contributed by atoms with Crippen LogP contribution in [0.3, 0.4) is 0 Å². The molecular weight excluding hydrogens is 300 g/mol. The standard InChI is InChI=1S/C18H19F2NO2/c1-13-3-5-14(6-4-13)11-17(22)21(2)12-15-7-9-16(10-8-15)23-18(19)20/h3-10,18H,11-12H2,1-2H3. The lowest BCUT2D eigenvalue weighted by Crippen LogP contribution is -2.27. The number of benzene rings is 2. The molecule has 0 aromatic heterocycles. The number of halogens is 2. The van der Waals surface area contributed by atoms with Gasteiger partial charge in [0.1, 0.15) is 5.75 Å². The Balaban J connectivity index is 1.91. The van der Waals surface area contributed by atoms with Gasteiger partial charge in [0.15, 0.2) is 0 Å². The molecule has 122 valence electrons. The van der Waals surface area contributed by atoms with Crippen molar-refractivity contribution in [1.29, 1.82) is 0 Å². The van der Waals surface area contributed by atoms with Crippen LogP contribution in [0.2, 0.25) is 0 Å². The van der Waals surface area contributed by atoms with E-state index in [2.05, 4.69) is 4.74 Å². The van der Waals surface area contributed by atoms with Gasteiger partial charge in [-0.15, -0.1) is 0 Å².